The van der Waals surface area contributed by atoms with E-state index in [1.54, 1.807) is 7.11 Å². The van der Waals surface area contributed by atoms with E-state index < -0.39 is 0 Å². The van der Waals surface area contributed by atoms with Crippen LogP contribution < -0.4 is 20.1 Å². The predicted molar refractivity (Wildman–Crippen MR) is 117 cm³/mol. The highest BCUT2D eigenvalue weighted by molar-refractivity contribution is 14.0. The molecular formula is C18H28IN5O3. The van der Waals surface area contributed by atoms with Gasteiger partial charge in [-0.3, -0.25) is 4.99 Å². The largest absolute Gasteiger partial charge is 0.493 e. The van der Waals surface area contributed by atoms with Crippen LogP contribution in [0.5, 0.6) is 11.5 Å². The number of ether oxygens (including phenoxy) is 2. The highest BCUT2D eigenvalue weighted by Gasteiger charge is 2.07. The van der Waals surface area contributed by atoms with Gasteiger partial charge in [0, 0.05) is 31.3 Å². The Morgan fingerprint density at radius 2 is 2.07 bits per heavy atom. The molecule has 8 nitrogen and oxygen atoms in total. The molecule has 27 heavy (non-hydrogen) atoms. The molecule has 0 saturated heterocycles. The van der Waals surface area contributed by atoms with E-state index in [0.29, 0.717) is 43.0 Å². The van der Waals surface area contributed by atoms with Crippen LogP contribution in [0.4, 0.5) is 5.69 Å². The lowest BCUT2D eigenvalue weighted by molar-refractivity contribution is 0.311. The molecule has 9 heteroatoms. The number of rotatable bonds is 9. The maximum absolute atomic E-state index is 5.54. The average Bonchev–Trinajstić information content (AvgIpc) is 3.05. The number of aliphatic imine (C=N–C) groups is 1. The summed E-state index contributed by atoms with van der Waals surface area (Å²) in [5.41, 5.74) is 0.873. The standard InChI is InChI=1S/C18H27N5O3.HI/c1-5-19-18(20-11-7-8-17-21-13(3)23-26-17)22-14-9-10-15(25-6-2)16(12-14)24-4;/h9-10,12H,5-8,11H2,1-4H3,(H2,19,20,22);1H. The van der Waals surface area contributed by atoms with E-state index in [1.165, 1.54) is 0 Å². The van der Waals surface area contributed by atoms with Crippen molar-refractivity contribution in [3.8, 4) is 11.5 Å². The average molecular weight is 489 g/mol. The van der Waals surface area contributed by atoms with Crippen LogP contribution in [0.15, 0.2) is 27.7 Å². The second-order valence-electron chi connectivity index (χ2n) is 5.52. The molecule has 0 atom stereocenters. The molecule has 1 aromatic carbocycles. The lowest BCUT2D eigenvalue weighted by Gasteiger charge is -2.14. The van der Waals surface area contributed by atoms with Crippen molar-refractivity contribution in [2.24, 2.45) is 4.99 Å². The zero-order chi connectivity index (χ0) is 18.8. The van der Waals surface area contributed by atoms with Crippen molar-refractivity contribution < 1.29 is 14.0 Å². The Balaban J connectivity index is 0.00000364. The van der Waals surface area contributed by atoms with Gasteiger partial charge in [0.2, 0.25) is 5.89 Å². The number of aromatic nitrogens is 2. The molecule has 2 rings (SSSR count). The van der Waals surface area contributed by atoms with Crippen LogP contribution in [0.2, 0.25) is 0 Å². The van der Waals surface area contributed by atoms with Crippen LogP contribution in [0.1, 0.15) is 32.0 Å². The minimum atomic E-state index is 0. The SMILES string of the molecule is CCNC(=NCCCc1nc(C)no1)Nc1ccc(OCC)c(OC)c1.I. The van der Waals surface area contributed by atoms with Gasteiger partial charge in [-0.2, -0.15) is 4.98 Å². The first kappa shape index (κ1) is 23.0. The Labute approximate surface area is 177 Å². The molecule has 0 aliphatic carbocycles. The molecule has 0 unspecified atom stereocenters. The fourth-order valence-electron chi connectivity index (χ4n) is 2.33. The number of aryl methyl sites for hydroxylation is 2. The number of hydrogen-bond donors (Lipinski definition) is 2. The summed E-state index contributed by atoms with van der Waals surface area (Å²) >= 11 is 0. The summed E-state index contributed by atoms with van der Waals surface area (Å²) in [6.07, 6.45) is 1.53. The van der Waals surface area contributed by atoms with Gasteiger partial charge in [-0.1, -0.05) is 5.16 Å². The topological polar surface area (TPSA) is 93.8 Å². The number of benzene rings is 1. The Morgan fingerprint density at radius 3 is 2.70 bits per heavy atom. The van der Waals surface area contributed by atoms with Gasteiger partial charge in [0.1, 0.15) is 0 Å². The lowest BCUT2D eigenvalue weighted by Crippen LogP contribution is -2.30. The molecule has 0 saturated carbocycles. The molecule has 2 aromatic rings. The molecule has 0 amide bonds. The van der Waals surface area contributed by atoms with Gasteiger partial charge in [0.05, 0.1) is 13.7 Å². The van der Waals surface area contributed by atoms with Crippen molar-refractivity contribution in [1.29, 1.82) is 0 Å². The van der Waals surface area contributed by atoms with E-state index in [2.05, 4.69) is 25.8 Å². The fourth-order valence-corrected chi connectivity index (χ4v) is 2.33. The number of guanidine groups is 1. The molecule has 1 heterocycles. The van der Waals surface area contributed by atoms with E-state index in [0.717, 1.165) is 24.4 Å². The van der Waals surface area contributed by atoms with E-state index in [9.17, 15) is 0 Å². The molecule has 0 bridgehead atoms. The van der Waals surface area contributed by atoms with Crippen LogP contribution in [-0.2, 0) is 6.42 Å². The predicted octanol–water partition coefficient (Wildman–Crippen LogP) is 3.41. The second-order valence-corrected chi connectivity index (χ2v) is 5.52. The summed E-state index contributed by atoms with van der Waals surface area (Å²) in [5, 5.41) is 10.3. The Morgan fingerprint density at radius 1 is 1.26 bits per heavy atom. The Bertz CT molecular complexity index is 721. The summed E-state index contributed by atoms with van der Waals surface area (Å²) in [7, 11) is 1.63. The Hall–Kier alpha value is -2.04. The van der Waals surface area contributed by atoms with Crippen molar-refractivity contribution >= 4 is 35.6 Å². The second kappa shape index (κ2) is 12.4. The first-order valence-corrected chi connectivity index (χ1v) is 8.81. The minimum absolute atomic E-state index is 0. The maximum Gasteiger partial charge on any atom is 0.226 e. The zero-order valence-electron chi connectivity index (χ0n) is 16.2. The van der Waals surface area contributed by atoms with Crippen molar-refractivity contribution in [1.82, 2.24) is 15.5 Å². The first-order valence-electron chi connectivity index (χ1n) is 8.81. The van der Waals surface area contributed by atoms with Crippen LogP contribution in [0, 0.1) is 6.92 Å². The normalized spacial score (nSPS) is 10.9. The third kappa shape index (κ3) is 7.61. The van der Waals surface area contributed by atoms with Crippen molar-refractivity contribution in [2.75, 3.05) is 32.1 Å². The van der Waals surface area contributed by atoms with Crippen molar-refractivity contribution in [3.05, 3.63) is 29.9 Å². The summed E-state index contributed by atoms with van der Waals surface area (Å²) in [4.78, 5) is 8.77. The summed E-state index contributed by atoms with van der Waals surface area (Å²) < 4.78 is 16.0. The highest BCUT2D eigenvalue weighted by atomic mass is 127. The number of halogens is 1. The van der Waals surface area contributed by atoms with Gasteiger partial charge in [0.25, 0.3) is 0 Å². The molecule has 150 valence electrons. The van der Waals surface area contributed by atoms with Gasteiger partial charge in [0.15, 0.2) is 23.3 Å². The molecule has 0 spiro atoms. The number of methoxy groups -OCH3 is 1. The fraction of sp³-hybridized carbons (Fsp3) is 0.500. The van der Waals surface area contributed by atoms with Crippen molar-refractivity contribution in [3.63, 3.8) is 0 Å². The van der Waals surface area contributed by atoms with Crippen LogP contribution in [0.25, 0.3) is 0 Å². The van der Waals surface area contributed by atoms with E-state index in [-0.39, 0.29) is 24.0 Å². The summed E-state index contributed by atoms with van der Waals surface area (Å²) in [6.45, 7) is 7.78. The van der Waals surface area contributed by atoms with Crippen LogP contribution in [-0.4, -0.2) is 42.9 Å². The zero-order valence-corrected chi connectivity index (χ0v) is 18.6. The molecular weight excluding hydrogens is 461 g/mol. The quantitative estimate of drug-likeness (QED) is 0.241. The van der Waals surface area contributed by atoms with Gasteiger partial charge in [-0.25, -0.2) is 0 Å². The first-order chi connectivity index (χ1) is 12.7. The number of nitrogens with one attached hydrogen (secondary N) is 2. The van der Waals surface area contributed by atoms with Gasteiger partial charge in [-0.05, 0) is 39.3 Å². The smallest absolute Gasteiger partial charge is 0.226 e. The van der Waals surface area contributed by atoms with Gasteiger partial charge in [-0.15, -0.1) is 24.0 Å². The number of anilines is 1. The Kier molecular flexibility index (Phi) is 10.5. The molecule has 0 radical (unpaired) electrons. The third-order valence-electron chi connectivity index (χ3n) is 3.46. The minimum Gasteiger partial charge on any atom is -0.493 e. The summed E-state index contributed by atoms with van der Waals surface area (Å²) in [6, 6.07) is 5.70. The molecule has 0 aliphatic heterocycles. The number of nitrogens with zero attached hydrogens (tertiary/aromatic N) is 3. The van der Waals surface area contributed by atoms with E-state index in [4.69, 9.17) is 14.0 Å². The highest BCUT2D eigenvalue weighted by Crippen LogP contribution is 2.30. The lowest BCUT2D eigenvalue weighted by atomic mass is 10.2. The summed E-state index contributed by atoms with van der Waals surface area (Å²) in [5.74, 6) is 3.41. The molecule has 1 aromatic heterocycles. The van der Waals surface area contributed by atoms with E-state index >= 15 is 0 Å². The van der Waals surface area contributed by atoms with Gasteiger partial charge >= 0.3 is 0 Å². The van der Waals surface area contributed by atoms with Crippen LogP contribution >= 0.6 is 24.0 Å². The van der Waals surface area contributed by atoms with Crippen LogP contribution in [0.3, 0.4) is 0 Å². The van der Waals surface area contributed by atoms with Gasteiger partial charge < -0.3 is 24.6 Å². The monoisotopic (exact) mass is 489 g/mol. The number of hydrogen-bond acceptors (Lipinski definition) is 6. The third-order valence-corrected chi connectivity index (χ3v) is 3.46. The molecule has 0 fully saturated rings. The van der Waals surface area contributed by atoms with E-state index in [1.807, 2.05) is 39.0 Å². The maximum atomic E-state index is 5.54. The van der Waals surface area contributed by atoms with Crippen molar-refractivity contribution in [2.45, 2.75) is 33.6 Å². The molecule has 0 aliphatic rings. The molecule has 2 N–H and O–H groups in total.